The first-order valence-electron chi connectivity index (χ1n) is 7.54. The summed E-state index contributed by atoms with van der Waals surface area (Å²) in [7, 11) is 0. The molecule has 116 valence electrons. The quantitative estimate of drug-likeness (QED) is 0.451. The van der Waals surface area contributed by atoms with E-state index in [1.54, 1.807) is 24.3 Å². The maximum atomic E-state index is 12.6. The first-order valence-corrected chi connectivity index (χ1v) is 7.54. The average Bonchev–Trinajstić information content (AvgIpc) is 2.61. The van der Waals surface area contributed by atoms with Crippen molar-refractivity contribution in [2.45, 2.75) is 0 Å². The van der Waals surface area contributed by atoms with Crippen molar-refractivity contribution in [3.63, 3.8) is 0 Å². The van der Waals surface area contributed by atoms with E-state index in [1.807, 2.05) is 42.5 Å². The standard InChI is InChI=1S/C20H13NO3/c22-19-12-16(15-9-3-4-10-17(15)21-19)20(23)24-18-11-5-7-13-6-1-2-8-14(13)18/h1-12H,(H,21,22). The third kappa shape index (κ3) is 2.44. The van der Waals surface area contributed by atoms with Gasteiger partial charge in [-0.2, -0.15) is 0 Å². The van der Waals surface area contributed by atoms with E-state index in [4.69, 9.17) is 4.74 Å². The lowest BCUT2D eigenvalue weighted by Gasteiger charge is -2.09. The van der Waals surface area contributed by atoms with E-state index in [0.29, 0.717) is 16.7 Å². The minimum absolute atomic E-state index is 0.252. The second kappa shape index (κ2) is 5.66. The van der Waals surface area contributed by atoms with Gasteiger partial charge in [0.25, 0.3) is 0 Å². The van der Waals surface area contributed by atoms with Crippen molar-refractivity contribution >= 4 is 27.6 Å². The highest BCUT2D eigenvalue weighted by Crippen LogP contribution is 2.26. The monoisotopic (exact) mass is 315 g/mol. The molecule has 0 saturated heterocycles. The number of rotatable bonds is 2. The summed E-state index contributed by atoms with van der Waals surface area (Å²) < 4.78 is 5.59. The average molecular weight is 315 g/mol. The molecule has 0 aliphatic rings. The summed E-state index contributed by atoms with van der Waals surface area (Å²) in [4.78, 5) is 27.2. The Hall–Kier alpha value is -3.40. The number of H-pyrrole nitrogens is 1. The fourth-order valence-electron chi connectivity index (χ4n) is 2.81. The molecule has 0 spiro atoms. The Labute approximate surface area is 137 Å². The Bertz CT molecular complexity index is 1120. The lowest BCUT2D eigenvalue weighted by atomic mass is 10.1. The zero-order valence-electron chi connectivity index (χ0n) is 12.7. The number of fused-ring (bicyclic) bond motifs is 2. The van der Waals surface area contributed by atoms with Gasteiger partial charge in [0.15, 0.2) is 0 Å². The first-order chi connectivity index (χ1) is 11.7. The van der Waals surface area contributed by atoms with Crippen molar-refractivity contribution in [2.24, 2.45) is 0 Å². The van der Waals surface area contributed by atoms with E-state index in [0.717, 1.165) is 10.8 Å². The number of esters is 1. The molecule has 4 rings (SSSR count). The van der Waals surface area contributed by atoms with Gasteiger partial charge < -0.3 is 9.72 Å². The maximum Gasteiger partial charge on any atom is 0.344 e. The van der Waals surface area contributed by atoms with Crippen LogP contribution in [0.3, 0.4) is 0 Å². The van der Waals surface area contributed by atoms with Crippen LogP contribution >= 0.6 is 0 Å². The van der Waals surface area contributed by atoms with E-state index in [-0.39, 0.29) is 11.1 Å². The molecule has 0 radical (unpaired) electrons. The third-order valence-electron chi connectivity index (χ3n) is 3.92. The highest BCUT2D eigenvalue weighted by atomic mass is 16.5. The molecule has 0 fully saturated rings. The summed E-state index contributed by atoms with van der Waals surface area (Å²) in [6, 6.07) is 21.6. The molecular weight excluding hydrogens is 302 g/mol. The molecule has 1 heterocycles. The van der Waals surface area contributed by atoms with Crippen LogP contribution in [0.25, 0.3) is 21.7 Å². The van der Waals surface area contributed by atoms with Crippen LogP contribution in [0.2, 0.25) is 0 Å². The van der Waals surface area contributed by atoms with Crippen LogP contribution in [-0.2, 0) is 0 Å². The Morgan fingerprint density at radius 2 is 1.54 bits per heavy atom. The summed E-state index contributed by atoms with van der Waals surface area (Å²) >= 11 is 0. The fourth-order valence-corrected chi connectivity index (χ4v) is 2.81. The molecule has 0 unspecified atom stereocenters. The van der Waals surface area contributed by atoms with E-state index >= 15 is 0 Å². The molecule has 3 aromatic carbocycles. The van der Waals surface area contributed by atoms with E-state index in [1.165, 1.54) is 6.07 Å². The normalized spacial score (nSPS) is 10.8. The van der Waals surface area contributed by atoms with Gasteiger partial charge in [-0.05, 0) is 17.5 Å². The van der Waals surface area contributed by atoms with Crippen molar-refractivity contribution in [1.82, 2.24) is 4.98 Å². The van der Waals surface area contributed by atoms with Crippen molar-refractivity contribution < 1.29 is 9.53 Å². The summed E-state index contributed by atoms with van der Waals surface area (Å²) in [5, 5.41) is 2.49. The minimum atomic E-state index is -0.548. The van der Waals surface area contributed by atoms with Gasteiger partial charge in [-0.25, -0.2) is 4.79 Å². The molecule has 0 bridgehead atoms. The van der Waals surface area contributed by atoms with Crippen molar-refractivity contribution in [3.05, 3.63) is 88.7 Å². The summed E-state index contributed by atoms with van der Waals surface area (Å²) in [6.07, 6.45) is 0. The minimum Gasteiger partial charge on any atom is -0.422 e. The highest BCUT2D eigenvalue weighted by molar-refractivity contribution is 6.05. The number of carbonyl (C=O) groups is 1. The number of hydrogen-bond donors (Lipinski definition) is 1. The van der Waals surface area contributed by atoms with Gasteiger partial charge in [0, 0.05) is 22.4 Å². The predicted octanol–water partition coefficient (Wildman–Crippen LogP) is 3.90. The molecular formula is C20H13NO3. The Balaban J connectivity index is 1.81. The topological polar surface area (TPSA) is 59.2 Å². The van der Waals surface area contributed by atoms with Crippen LogP contribution in [0.5, 0.6) is 5.75 Å². The number of benzene rings is 3. The zero-order valence-corrected chi connectivity index (χ0v) is 12.7. The number of pyridine rings is 1. The number of carbonyl (C=O) groups excluding carboxylic acids is 1. The molecule has 0 amide bonds. The summed E-state index contributed by atoms with van der Waals surface area (Å²) in [5.41, 5.74) is 0.524. The van der Waals surface area contributed by atoms with Gasteiger partial charge in [0.05, 0.1) is 5.56 Å². The van der Waals surface area contributed by atoms with Gasteiger partial charge in [-0.15, -0.1) is 0 Å². The maximum absolute atomic E-state index is 12.6. The molecule has 0 saturated carbocycles. The van der Waals surface area contributed by atoms with E-state index in [2.05, 4.69) is 4.98 Å². The largest absolute Gasteiger partial charge is 0.422 e. The van der Waals surface area contributed by atoms with E-state index in [9.17, 15) is 9.59 Å². The SMILES string of the molecule is O=C(Oc1cccc2ccccc12)c1cc(=O)[nH]c2ccccc12. The smallest absolute Gasteiger partial charge is 0.344 e. The molecule has 24 heavy (non-hydrogen) atoms. The van der Waals surface area contributed by atoms with Crippen LogP contribution in [0.1, 0.15) is 10.4 Å². The van der Waals surface area contributed by atoms with Gasteiger partial charge >= 0.3 is 5.97 Å². The van der Waals surface area contributed by atoms with Crippen molar-refractivity contribution in [2.75, 3.05) is 0 Å². The Morgan fingerprint density at radius 3 is 2.42 bits per heavy atom. The molecule has 1 N–H and O–H groups in total. The molecule has 4 aromatic rings. The van der Waals surface area contributed by atoms with Crippen molar-refractivity contribution in [1.29, 1.82) is 0 Å². The van der Waals surface area contributed by atoms with Crippen LogP contribution in [0.4, 0.5) is 0 Å². The van der Waals surface area contributed by atoms with Crippen molar-refractivity contribution in [3.8, 4) is 5.75 Å². The van der Waals surface area contributed by atoms with Crippen LogP contribution < -0.4 is 10.3 Å². The molecule has 4 heteroatoms. The fraction of sp³-hybridized carbons (Fsp3) is 0. The zero-order chi connectivity index (χ0) is 16.5. The van der Waals surface area contributed by atoms with Gasteiger partial charge in [-0.3, -0.25) is 4.79 Å². The van der Waals surface area contributed by atoms with Gasteiger partial charge in [0.2, 0.25) is 5.56 Å². The number of hydrogen-bond acceptors (Lipinski definition) is 3. The van der Waals surface area contributed by atoms with Gasteiger partial charge in [0.1, 0.15) is 5.75 Å². The Kier molecular flexibility index (Phi) is 3.35. The molecule has 4 nitrogen and oxygen atoms in total. The Morgan fingerprint density at radius 1 is 0.833 bits per heavy atom. The predicted molar refractivity (Wildman–Crippen MR) is 93.5 cm³/mol. The summed E-state index contributed by atoms with van der Waals surface area (Å²) in [5.74, 6) is -0.0730. The molecule has 0 aliphatic heterocycles. The second-order valence-electron chi connectivity index (χ2n) is 5.46. The van der Waals surface area contributed by atoms with Crippen LogP contribution in [0, 0.1) is 0 Å². The first kappa shape index (κ1) is 14.2. The summed E-state index contributed by atoms with van der Waals surface area (Å²) in [6.45, 7) is 0. The van der Waals surface area contributed by atoms with Gasteiger partial charge in [-0.1, -0.05) is 54.6 Å². The number of ether oxygens (including phenoxy) is 1. The second-order valence-corrected chi connectivity index (χ2v) is 5.46. The lowest BCUT2D eigenvalue weighted by molar-refractivity contribution is 0.0739. The molecule has 0 atom stereocenters. The van der Waals surface area contributed by atoms with Crippen LogP contribution in [0.15, 0.2) is 77.6 Å². The number of aromatic nitrogens is 1. The van der Waals surface area contributed by atoms with E-state index < -0.39 is 5.97 Å². The number of aromatic amines is 1. The molecule has 1 aromatic heterocycles. The third-order valence-corrected chi connectivity index (χ3v) is 3.92. The number of nitrogens with one attached hydrogen (secondary N) is 1. The number of para-hydroxylation sites is 1. The highest BCUT2D eigenvalue weighted by Gasteiger charge is 2.15. The molecule has 0 aliphatic carbocycles. The van der Waals surface area contributed by atoms with Crippen LogP contribution in [-0.4, -0.2) is 11.0 Å². The lowest BCUT2D eigenvalue weighted by Crippen LogP contribution is -2.15.